The van der Waals surface area contributed by atoms with Crippen molar-refractivity contribution < 1.29 is 19.6 Å². The number of aliphatic hydroxyl groups is 1. The molecule has 1 aliphatic heterocycles. The van der Waals surface area contributed by atoms with Crippen LogP contribution in [0.4, 0.5) is 4.79 Å². The van der Waals surface area contributed by atoms with Crippen molar-refractivity contribution in [2.45, 2.75) is 38.0 Å². The molecule has 1 heterocycles. The van der Waals surface area contributed by atoms with E-state index in [2.05, 4.69) is 0 Å². The zero-order valence-corrected chi connectivity index (χ0v) is 12.3. The maximum absolute atomic E-state index is 11.9. The lowest BCUT2D eigenvalue weighted by Crippen LogP contribution is -2.43. The maximum Gasteiger partial charge on any atom is 0.412 e. The van der Waals surface area contributed by atoms with E-state index in [0.29, 0.717) is 18.7 Å². The van der Waals surface area contributed by atoms with Crippen molar-refractivity contribution in [3.63, 3.8) is 0 Å². The Bertz CT molecular complexity index is 502. The lowest BCUT2D eigenvalue weighted by Gasteiger charge is -2.27. The van der Waals surface area contributed by atoms with Crippen LogP contribution in [0.5, 0.6) is 0 Å². The van der Waals surface area contributed by atoms with Crippen LogP contribution in [0, 0.1) is 10.1 Å². The van der Waals surface area contributed by atoms with Crippen molar-refractivity contribution >= 4 is 6.09 Å². The molecule has 1 saturated heterocycles. The summed E-state index contributed by atoms with van der Waals surface area (Å²) in [4.78, 5) is 23.9. The van der Waals surface area contributed by atoms with Crippen molar-refractivity contribution in [1.29, 1.82) is 0 Å². The predicted molar refractivity (Wildman–Crippen MR) is 78.8 cm³/mol. The highest BCUT2D eigenvalue weighted by molar-refractivity contribution is 5.67. The largest absolute Gasteiger partial charge is 0.412 e. The first kappa shape index (κ1) is 16.2. The van der Waals surface area contributed by atoms with Crippen LogP contribution in [0.3, 0.4) is 0 Å². The van der Waals surface area contributed by atoms with Gasteiger partial charge < -0.3 is 14.7 Å². The van der Waals surface area contributed by atoms with Gasteiger partial charge in [0.15, 0.2) is 0 Å². The molecule has 0 aliphatic carbocycles. The highest BCUT2D eigenvalue weighted by Gasteiger charge is 2.34. The Labute approximate surface area is 128 Å². The fourth-order valence-corrected chi connectivity index (χ4v) is 2.47. The third-order valence-corrected chi connectivity index (χ3v) is 3.72. The summed E-state index contributed by atoms with van der Waals surface area (Å²) in [6.07, 6.45) is 0.374. The Hall–Kier alpha value is -2.15. The second-order valence-electron chi connectivity index (χ2n) is 5.36. The van der Waals surface area contributed by atoms with Gasteiger partial charge >= 0.3 is 6.09 Å². The van der Waals surface area contributed by atoms with Gasteiger partial charge in [0.25, 0.3) is 12.3 Å². The predicted octanol–water partition coefficient (Wildman–Crippen LogP) is 1.82. The minimum Gasteiger partial charge on any atom is -0.412 e. The van der Waals surface area contributed by atoms with E-state index in [1.807, 2.05) is 0 Å². The number of carbonyl (C=O) groups excluding carboxylic acids is 1. The van der Waals surface area contributed by atoms with E-state index in [0.717, 1.165) is 19.3 Å². The van der Waals surface area contributed by atoms with E-state index in [4.69, 9.17) is 4.74 Å². The molecule has 1 aromatic rings. The van der Waals surface area contributed by atoms with Crippen LogP contribution in [0.1, 0.15) is 24.8 Å². The van der Waals surface area contributed by atoms with E-state index in [-0.39, 0.29) is 6.42 Å². The Morgan fingerprint density at radius 3 is 2.50 bits per heavy atom. The Morgan fingerprint density at radius 2 is 1.91 bits per heavy atom. The van der Waals surface area contributed by atoms with Gasteiger partial charge in [0, 0.05) is 24.4 Å². The zero-order chi connectivity index (χ0) is 15.9. The number of benzene rings is 1. The lowest BCUT2D eigenvalue weighted by molar-refractivity contribution is -0.545. The number of hydrogen-bond donors (Lipinski definition) is 1. The highest BCUT2D eigenvalue weighted by atomic mass is 16.7. The SMILES string of the molecule is O=C(OC(O)C(Cc1ccccc1)[N+](=O)[O-])N1CCCCC1. The summed E-state index contributed by atoms with van der Waals surface area (Å²) in [5, 5.41) is 21.1. The molecule has 120 valence electrons. The van der Waals surface area contributed by atoms with Gasteiger partial charge in [0.2, 0.25) is 0 Å². The standard InChI is InChI=1S/C15H20N2O5/c18-14(22-15(19)16-9-5-2-6-10-16)13(17(20)21)11-12-7-3-1-4-8-12/h1,3-4,7-8,13-14,18H,2,5-6,9-11H2. The molecule has 7 nitrogen and oxygen atoms in total. The van der Waals surface area contributed by atoms with Crippen LogP contribution in [0.15, 0.2) is 30.3 Å². The number of amides is 1. The summed E-state index contributed by atoms with van der Waals surface area (Å²) in [7, 11) is 0. The van der Waals surface area contributed by atoms with Crippen LogP contribution in [-0.2, 0) is 11.2 Å². The van der Waals surface area contributed by atoms with Crippen molar-refractivity contribution in [3.05, 3.63) is 46.0 Å². The zero-order valence-electron chi connectivity index (χ0n) is 12.3. The first-order valence-electron chi connectivity index (χ1n) is 7.39. The van der Waals surface area contributed by atoms with Gasteiger partial charge in [-0.2, -0.15) is 0 Å². The van der Waals surface area contributed by atoms with Gasteiger partial charge in [-0.15, -0.1) is 0 Å². The molecule has 1 aliphatic rings. The van der Waals surface area contributed by atoms with E-state index in [9.17, 15) is 20.0 Å². The average Bonchev–Trinajstić information content (AvgIpc) is 2.54. The van der Waals surface area contributed by atoms with Gasteiger partial charge in [-0.1, -0.05) is 30.3 Å². The molecule has 2 rings (SSSR count). The molecule has 1 amide bonds. The van der Waals surface area contributed by atoms with Crippen LogP contribution >= 0.6 is 0 Å². The number of carbonyl (C=O) groups is 1. The summed E-state index contributed by atoms with van der Waals surface area (Å²) in [6, 6.07) is 7.41. The van der Waals surface area contributed by atoms with E-state index >= 15 is 0 Å². The second-order valence-corrected chi connectivity index (χ2v) is 5.36. The molecule has 7 heteroatoms. The summed E-state index contributed by atoms with van der Waals surface area (Å²) >= 11 is 0. The number of nitrogens with zero attached hydrogens (tertiary/aromatic N) is 2. The maximum atomic E-state index is 11.9. The number of piperidine rings is 1. The van der Waals surface area contributed by atoms with Crippen LogP contribution < -0.4 is 0 Å². The fraction of sp³-hybridized carbons (Fsp3) is 0.533. The number of rotatable bonds is 5. The van der Waals surface area contributed by atoms with Crippen LogP contribution in [0.25, 0.3) is 0 Å². The third kappa shape index (κ3) is 4.42. The minimum absolute atomic E-state index is 0.00227. The van der Waals surface area contributed by atoms with Gasteiger partial charge in [-0.3, -0.25) is 10.1 Å². The Morgan fingerprint density at radius 1 is 1.27 bits per heavy atom. The molecule has 0 bridgehead atoms. The molecule has 1 fully saturated rings. The molecule has 1 N–H and O–H groups in total. The minimum atomic E-state index is -1.76. The summed E-state index contributed by atoms with van der Waals surface area (Å²) < 4.78 is 4.89. The Balaban J connectivity index is 1.95. The molecule has 2 unspecified atom stereocenters. The van der Waals surface area contributed by atoms with Gasteiger partial charge in [-0.05, 0) is 24.8 Å². The number of aliphatic hydroxyl groups excluding tert-OH is 1. The smallest absolute Gasteiger partial charge is 0.412 e. The fourth-order valence-electron chi connectivity index (χ4n) is 2.47. The summed E-state index contributed by atoms with van der Waals surface area (Å²) in [5.41, 5.74) is 0.706. The highest BCUT2D eigenvalue weighted by Crippen LogP contribution is 2.14. The lowest BCUT2D eigenvalue weighted by atomic mass is 10.1. The van der Waals surface area contributed by atoms with Crippen molar-refractivity contribution in [2.24, 2.45) is 0 Å². The molecule has 0 radical (unpaired) electrons. The topological polar surface area (TPSA) is 92.9 Å². The van der Waals surface area contributed by atoms with Crippen molar-refractivity contribution in [1.82, 2.24) is 4.90 Å². The van der Waals surface area contributed by atoms with Gasteiger partial charge in [-0.25, -0.2) is 4.79 Å². The van der Waals surface area contributed by atoms with E-state index < -0.39 is 23.3 Å². The normalized spacial score (nSPS) is 17.6. The van der Waals surface area contributed by atoms with Gasteiger partial charge in [0.1, 0.15) is 0 Å². The number of likely N-dealkylation sites (tertiary alicyclic amines) is 1. The Kier molecular flexibility index (Phi) is 5.71. The molecular weight excluding hydrogens is 288 g/mol. The number of nitro groups is 1. The summed E-state index contributed by atoms with van der Waals surface area (Å²) in [6.45, 7) is 1.13. The summed E-state index contributed by atoms with van der Waals surface area (Å²) in [5.74, 6) is 0. The number of ether oxygens (including phenoxy) is 1. The first-order chi connectivity index (χ1) is 10.6. The molecule has 22 heavy (non-hydrogen) atoms. The third-order valence-electron chi connectivity index (χ3n) is 3.72. The molecule has 1 aromatic carbocycles. The molecule has 0 spiro atoms. The van der Waals surface area contributed by atoms with Crippen LogP contribution in [-0.4, -0.2) is 46.4 Å². The van der Waals surface area contributed by atoms with E-state index in [1.54, 1.807) is 30.3 Å². The first-order valence-corrected chi connectivity index (χ1v) is 7.39. The average molecular weight is 308 g/mol. The molecule has 0 aromatic heterocycles. The second kappa shape index (κ2) is 7.74. The van der Waals surface area contributed by atoms with Crippen molar-refractivity contribution in [3.8, 4) is 0 Å². The molecular formula is C15H20N2O5. The number of hydrogen-bond acceptors (Lipinski definition) is 5. The van der Waals surface area contributed by atoms with Crippen molar-refractivity contribution in [2.75, 3.05) is 13.1 Å². The van der Waals surface area contributed by atoms with E-state index in [1.165, 1.54) is 4.90 Å². The van der Waals surface area contributed by atoms with Crippen LogP contribution in [0.2, 0.25) is 0 Å². The monoisotopic (exact) mass is 308 g/mol. The van der Waals surface area contributed by atoms with Gasteiger partial charge in [0.05, 0.1) is 0 Å². The molecule has 2 atom stereocenters. The quantitative estimate of drug-likeness (QED) is 0.509. The molecule has 0 saturated carbocycles.